The Hall–Kier alpha value is -3.05. The molecular formula is C27H30O5. The highest BCUT2D eigenvalue weighted by Crippen LogP contribution is 2.35. The summed E-state index contributed by atoms with van der Waals surface area (Å²) in [6, 6.07) is 11.9. The molecule has 0 saturated carbocycles. The second kappa shape index (κ2) is 9.21. The number of hydrogen-bond donors (Lipinski definition) is 1. The van der Waals surface area contributed by atoms with Gasteiger partial charge in [0.1, 0.15) is 0 Å². The smallest absolute Gasteiger partial charge is 0.343 e. The van der Waals surface area contributed by atoms with Gasteiger partial charge in [0.2, 0.25) is 5.78 Å². The Bertz CT molecular complexity index is 1090. The third-order valence-corrected chi connectivity index (χ3v) is 5.71. The number of carbonyl (C=O) groups is 3. The molecule has 5 nitrogen and oxygen atoms in total. The van der Waals surface area contributed by atoms with Crippen LogP contribution in [0.15, 0.2) is 53.8 Å². The van der Waals surface area contributed by atoms with Gasteiger partial charge in [0.25, 0.3) is 0 Å². The highest BCUT2D eigenvalue weighted by molar-refractivity contribution is 6.27. The highest BCUT2D eigenvalue weighted by Gasteiger charge is 2.38. The van der Waals surface area contributed by atoms with E-state index < -0.39 is 17.4 Å². The van der Waals surface area contributed by atoms with E-state index in [0.29, 0.717) is 36.0 Å². The number of carbonyl (C=O) groups excluding carboxylic acids is 3. The quantitative estimate of drug-likeness (QED) is 0.603. The van der Waals surface area contributed by atoms with Crippen LogP contribution in [0.5, 0.6) is 0 Å². The van der Waals surface area contributed by atoms with Crippen LogP contribution in [0.25, 0.3) is 0 Å². The number of aryl methyl sites for hydroxylation is 1. The summed E-state index contributed by atoms with van der Waals surface area (Å²) in [6.07, 6.45) is 1.75. The molecule has 168 valence electrons. The van der Waals surface area contributed by atoms with Gasteiger partial charge in [-0.3, -0.25) is 9.59 Å². The molecule has 32 heavy (non-hydrogen) atoms. The van der Waals surface area contributed by atoms with Crippen molar-refractivity contribution in [2.45, 2.75) is 59.5 Å². The Labute approximate surface area is 189 Å². The molecule has 0 heterocycles. The zero-order chi connectivity index (χ0) is 23.6. The van der Waals surface area contributed by atoms with Crippen LogP contribution in [0.3, 0.4) is 0 Å². The molecule has 0 atom stereocenters. The molecular weight excluding hydrogens is 404 g/mol. The lowest BCUT2D eigenvalue weighted by Gasteiger charge is -2.25. The van der Waals surface area contributed by atoms with Gasteiger partial charge < -0.3 is 9.84 Å². The van der Waals surface area contributed by atoms with E-state index in [1.165, 1.54) is 0 Å². The van der Waals surface area contributed by atoms with Gasteiger partial charge in [0.15, 0.2) is 11.5 Å². The van der Waals surface area contributed by atoms with Crippen LogP contribution in [-0.2, 0) is 11.2 Å². The van der Waals surface area contributed by atoms with Crippen molar-refractivity contribution in [2.75, 3.05) is 0 Å². The maximum Gasteiger partial charge on any atom is 0.343 e. The number of rotatable bonds is 7. The number of aliphatic hydroxyl groups is 1. The maximum absolute atomic E-state index is 13.6. The first-order valence-electron chi connectivity index (χ1n) is 11.0. The first-order chi connectivity index (χ1) is 15.0. The van der Waals surface area contributed by atoms with E-state index in [4.69, 9.17) is 4.74 Å². The molecule has 1 N–H and O–H groups in total. The summed E-state index contributed by atoms with van der Waals surface area (Å²) in [4.78, 5) is 39.8. The number of ketones is 2. The van der Waals surface area contributed by atoms with Crippen molar-refractivity contribution in [1.29, 1.82) is 0 Å². The summed E-state index contributed by atoms with van der Waals surface area (Å²) in [5, 5.41) is 10.1. The fourth-order valence-electron chi connectivity index (χ4n) is 4.06. The Morgan fingerprint density at radius 3 is 2.28 bits per heavy atom. The molecule has 2 aromatic carbocycles. The zero-order valence-electron chi connectivity index (χ0n) is 19.3. The minimum atomic E-state index is -0.816. The minimum absolute atomic E-state index is 0.180. The van der Waals surface area contributed by atoms with Gasteiger partial charge >= 0.3 is 5.97 Å². The number of esters is 1. The Morgan fingerprint density at radius 2 is 1.69 bits per heavy atom. The summed E-state index contributed by atoms with van der Waals surface area (Å²) in [5.41, 5.74) is 2.03. The van der Waals surface area contributed by atoms with Gasteiger partial charge in [-0.15, -0.1) is 0 Å². The van der Waals surface area contributed by atoms with Crippen LogP contribution in [0, 0.1) is 12.8 Å². The highest BCUT2D eigenvalue weighted by atomic mass is 16.5. The summed E-state index contributed by atoms with van der Waals surface area (Å²) >= 11 is 0. The number of Topliss-reactive ketones (excluding diaryl/α,β-unsaturated/α-hetero) is 2. The summed E-state index contributed by atoms with van der Waals surface area (Å²) in [7, 11) is 0. The van der Waals surface area contributed by atoms with E-state index in [1.54, 1.807) is 64.1 Å². The van der Waals surface area contributed by atoms with Crippen LogP contribution in [0.2, 0.25) is 0 Å². The lowest BCUT2D eigenvalue weighted by molar-refractivity contribution is 0.0576. The molecule has 1 aliphatic rings. The molecule has 0 unspecified atom stereocenters. The zero-order valence-corrected chi connectivity index (χ0v) is 19.3. The van der Waals surface area contributed by atoms with Crippen molar-refractivity contribution >= 4 is 17.5 Å². The van der Waals surface area contributed by atoms with Crippen molar-refractivity contribution in [2.24, 2.45) is 5.92 Å². The standard InChI is InChI=1S/C27H30O5/c1-16(2)21-23(28)20-14-13-17(3)19(12-9-15-27(4,5)31)22(20)24(29)25(21)32-26(30)18-10-7-6-8-11-18/h6-8,10-11,13-14,16,31H,9,12,15H2,1-5H3. The average Bonchev–Trinajstić information content (AvgIpc) is 2.72. The van der Waals surface area contributed by atoms with Crippen LogP contribution in [0.4, 0.5) is 0 Å². The predicted octanol–water partition coefficient (Wildman–Crippen LogP) is 5.23. The van der Waals surface area contributed by atoms with Gasteiger partial charge in [-0.1, -0.05) is 44.2 Å². The lowest BCUT2D eigenvalue weighted by atomic mass is 9.79. The van der Waals surface area contributed by atoms with E-state index in [9.17, 15) is 19.5 Å². The lowest BCUT2D eigenvalue weighted by Crippen LogP contribution is -2.29. The molecule has 0 saturated heterocycles. The monoisotopic (exact) mass is 434 g/mol. The van der Waals surface area contributed by atoms with Crippen molar-refractivity contribution < 1.29 is 24.2 Å². The van der Waals surface area contributed by atoms with Crippen molar-refractivity contribution in [3.05, 3.63) is 81.6 Å². The fraction of sp³-hybridized carbons (Fsp3) is 0.370. The van der Waals surface area contributed by atoms with Crippen molar-refractivity contribution in [3.8, 4) is 0 Å². The predicted molar refractivity (Wildman–Crippen MR) is 123 cm³/mol. The number of hydrogen-bond acceptors (Lipinski definition) is 5. The van der Waals surface area contributed by atoms with E-state index >= 15 is 0 Å². The maximum atomic E-state index is 13.6. The molecule has 0 aliphatic heterocycles. The van der Waals surface area contributed by atoms with Gasteiger partial charge in [0, 0.05) is 16.7 Å². The van der Waals surface area contributed by atoms with E-state index in [0.717, 1.165) is 11.1 Å². The molecule has 1 aliphatic carbocycles. The molecule has 5 heteroatoms. The van der Waals surface area contributed by atoms with Gasteiger partial charge in [-0.2, -0.15) is 0 Å². The van der Waals surface area contributed by atoms with E-state index in [-0.39, 0.29) is 23.0 Å². The Balaban J connectivity index is 2.05. The summed E-state index contributed by atoms with van der Waals surface area (Å²) < 4.78 is 5.57. The third kappa shape index (κ3) is 4.89. The third-order valence-electron chi connectivity index (χ3n) is 5.71. The Kier molecular flexibility index (Phi) is 6.79. The van der Waals surface area contributed by atoms with Crippen molar-refractivity contribution in [1.82, 2.24) is 0 Å². The molecule has 2 aromatic rings. The second-order valence-electron chi connectivity index (χ2n) is 9.26. The number of benzene rings is 2. The normalized spacial score (nSPS) is 14.1. The van der Waals surface area contributed by atoms with Gasteiger partial charge in [-0.05, 0) is 69.2 Å². The summed E-state index contributed by atoms with van der Waals surface area (Å²) in [6.45, 7) is 9.00. The fourth-order valence-corrected chi connectivity index (χ4v) is 4.06. The molecule has 0 amide bonds. The molecule has 0 radical (unpaired) electrons. The summed E-state index contributed by atoms with van der Waals surface area (Å²) in [5.74, 6) is -1.86. The largest absolute Gasteiger partial charge is 0.418 e. The molecule has 0 spiro atoms. The number of ether oxygens (including phenoxy) is 1. The Morgan fingerprint density at radius 1 is 1.03 bits per heavy atom. The number of allylic oxidation sites excluding steroid dienone is 2. The number of fused-ring (bicyclic) bond motifs is 1. The topological polar surface area (TPSA) is 80.7 Å². The second-order valence-corrected chi connectivity index (χ2v) is 9.26. The van der Waals surface area contributed by atoms with Crippen LogP contribution in [-0.4, -0.2) is 28.2 Å². The van der Waals surface area contributed by atoms with Crippen LogP contribution < -0.4 is 0 Å². The first kappa shape index (κ1) is 23.6. The van der Waals surface area contributed by atoms with E-state index in [1.807, 2.05) is 13.0 Å². The van der Waals surface area contributed by atoms with Crippen LogP contribution in [0.1, 0.15) is 82.7 Å². The van der Waals surface area contributed by atoms with Crippen LogP contribution >= 0.6 is 0 Å². The molecule has 0 aromatic heterocycles. The molecule has 0 bridgehead atoms. The SMILES string of the molecule is Cc1ccc2c(c1CCCC(C)(C)O)C(=O)C(OC(=O)c1ccccc1)=C(C(C)C)C2=O. The minimum Gasteiger partial charge on any atom is -0.418 e. The van der Waals surface area contributed by atoms with Gasteiger partial charge in [-0.25, -0.2) is 4.79 Å². The van der Waals surface area contributed by atoms with Crippen molar-refractivity contribution in [3.63, 3.8) is 0 Å². The molecule has 3 rings (SSSR count). The first-order valence-corrected chi connectivity index (χ1v) is 11.0. The van der Waals surface area contributed by atoms with E-state index in [2.05, 4.69) is 0 Å². The molecule has 0 fully saturated rings. The van der Waals surface area contributed by atoms with Gasteiger partial charge in [0.05, 0.1) is 11.2 Å². The average molecular weight is 435 g/mol.